The van der Waals surface area contributed by atoms with E-state index in [9.17, 15) is 20.1 Å². The lowest BCUT2D eigenvalue weighted by molar-refractivity contribution is -0.136. The Morgan fingerprint density at radius 2 is 1.89 bits per heavy atom. The van der Waals surface area contributed by atoms with Crippen molar-refractivity contribution in [2.75, 3.05) is 26.0 Å². The Labute approximate surface area is 266 Å². The average Bonchev–Trinajstić information content (AvgIpc) is 3.98. The third kappa shape index (κ3) is 8.11. The van der Waals surface area contributed by atoms with Crippen LogP contribution in [-0.4, -0.2) is 86.6 Å². The fourth-order valence-corrected chi connectivity index (χ4v) is 6.13. The van der Waals surface area contributed by atoms with Crippen LogP contribution < -0.4 is 4.74 Å². The van der Waals surface area contributed by atoms with Crippen molar-refractivity contribution in [2.24, 2.45) is 0 Å². The molecule has 2 fully saturated rings. The second-order valence-electron chi connectivity index (χ2n) is 11.4. The number of aliphatic hydroxyl groups excluding tert-OH is 4. The number of hydrogen-bond donors (Lipinski definition) is 4. The number of ether oxygens (including phenoxy) is 2. The number of thioether (sulfide) groups is 1. The van der Waals surface area contributed by atoms with E-state index in [0.717, 1.165) is 58.6 Å². The number of hydrogen-bond acceptors (Lipinski definition) is 9. The van der Waals surface area contributed by atoms with E-state index in [1.807, 2.05) is 48.7 Å². The number of amides is 1. The lowest BCUT2D eigenvalue weighted by Gasteiger charge is -2.24. The fourth-order valence-electron chi connectivity index (χ4n) is 4.97. The second kappa shape index (κ2) is 14.6. The van der Waals surface area contributed by atoms with Crippen molar-refractivity contribution >= 4 is 29.3 Å². The largest absolute Gasteiger partial charge is 0.490 e. The summed E-state index contributed by atoms with van der Waals surface area (Å²) >= 11 is 8.14. The van der Waals surface area contributed by atoms with E-state index in [1.54, 1.807) is 25.0 Å². The molecule has 3 atom stereocenters. The van der Waals surface area contributed by atoms with Crippen molar-refractivity contribution in [1.29, 1.82) is 0 Å². The smallest absolute Gasteiger partial charge is 0.225 e. The van der Waals surface area contributed by atoms with Crippen molar-refractivity contribution in [3.63, 3.8) is 0 Å². The summed E-state index contributed by atoms with van der Waals surface area (Å²) in [5.41, 5.74) is 3.57. The van der Waals surface area contributed by atoms with Crippen LogP contribution in [0.5, 0.6) is 5.75 Å². The summed E-state index contributed by atoms with van der Waals surface area (Å²) in [5.74, 6) is 1.10. The predicted molar refractivity (Wildman–Crippen MR) is 169 cm³/mol. The van der Waals surface area contributed by atoms with E-state index < -0.39 is 30.5 Å². The van der Waals surface area contributed by atoms with Gasteiger partial charge in [-0.05, 0) is 67.1 Å². The highest BCUT2D eigenvalue weighted by Crippen LogP contribution is 2.53. The number of pyridine rings is 1. The summed E-state index contributed by atoms with van der Waals surface area (Å²) in [6.45, 7) is 0.0328. The Morgan fingerprint density at radius 1 is 1.11 bits per heavy atom. The Bertz CT molecular complexity index is 1430. The molecule has 2 aliphatic rings. The molecule has 11 heteroatoms. The number of carbonyl (C=O) groups is 1. The lowest BCUT2D eigenvalue weighted by atomic mass is 9.96. The lowest BCUT2D eigenvalue weighted by Crippen LogP contribution is -2.42. The third-order valence-corrected chi connectivity index (χ3v) is 9.36. The third-order valence-electron chi connectivity index (χ3n) is 8.01. The van der Waals surface area contributed by atoms with Crippen LogP contribution in [-0.2, 0) is 21.7 Å². The standard InChI is InChI=1S/C33H39ClN2O7S/c1-36(31(40)17-28(38)32(41)29(39)19-37)14-15-44-23-8-9-27(34)21(16-23)20-42-33(11-12-33)26-18-35-13-10-24(26)25-4-2-3-5-30(25)43-22-6-7-22/h2-5,8-10,13,16,18,22,28-29,32,37-39,41H,6-7,11-12,14-15,17,19-20H2,1H3. The zero-order valence-electron chi connectivity index (χ0n) is 24.6. The molecule has 0 radical (unpaired) electrons. The molecule has 3 aromatic rings. The van der Waals surface area contributed by atoms with Gasteiger partial charge in [-0.15, -0.1) is 11.8 Å². The normalized spacial score (nSPS) is 17.5. The molecule has 4 N–H and O–H groups in total. The Kier molecular flexibility index (Phi) is 10.8. The SMILES string of the molecule is CN(CCSc1ccc(Cl)c(COC2(c3cnccc3-c3ccccc3OC3CC3)CC2)c1)C(=O)CC(O)C(O)C(O)CO. The van der Waals surface area contributed by atoms with Crippen molar-refractivity contribution in [2.45, 2.75) is 73.6 Å². The maximum absolute atomic E-state index is 12.5. The quantitative estimate of drug-likeness (QED) is 0.170. The molecule has 1 amide bonds. The highest BCUT2D eigenvalue weighted by molar-refractivity contribution is 7.99. The van der Waals surface area contributed by atoms with E-state index in [-0.39, 0.29) is 12.3 Å². The highest BCUT2D eigenvalue weighted by atomic mass is 35.5. The van der Waals surface area contributed by atoms with Crippen LogP contribution in [0.25, 0.3) is 11.1 Å². The van der Waals surface area contributed by atoms with Gasteiger partial charge >= 0.3 is 0 Å². The van der Waals surface area contributed by atoms with Crippen LogP contribution >= 0.6 is 23.4 Å². The minimum Gasteiger partial charge on any atom is -0.490 e. The number of carbonyl (C=O) groups excluding carboxylic acids is 1. The first-order valence-corrected chi connectivity index (χ1v) is 16.2. The van der Waals surface area contributed by atoms with Gasteiger partial charge in [0.25, 0.3) is 0 Å². The molecule has 3 unspecified atom stereocenters. The van der Waals surface area contributed by atoms with E-state index in [0.29, 0.717) is 30.0 Å². The highest BCUT2D eigenvalue weighted by Gasteiger charge is 2.47. The van der Waals surface area contributed by atoms with Crippen LogP contribution in [0.2, 0.25) is 5.02 Å². The molecule has 9 nitrogen and oxygen atoms in total. The molecular formula is C33H39ClN2O7S. The minimum atomic E-state index is -1.60. The van der Waals surface area contributed by atoms with Gasteiger partial charge in [0, 0.05) is 52.8 Å². The maximum Gasteiger partial charge on any atom is 0.225 e. The molecular weight excluding hydrogens is 604 g/mol. The molecule has 1 aromatic heterocycles. The van der Waals surface area contributed by atoms with Gasteiger partial charge in [0.05, 0.1) is 37.4 Å². The van der Waals surface area contributed by atoms with Crippen molar-refractivity contribution in [3.8, 4) is 16.9 Å². The molecule has 0 bridgehead atoms. The number of halogens is 1. The van der Waals surface area contributed by atoms with Crippen molar-refractivity contribution in [1.82, 2.24) is 9.88 Å². The number of aromatic nitrogens is 1. The average molecular weight is 643 g/mol. The first-order chi connectivity index (χ1) is 21.2. The van der Waals surface area contributed by atoms with Crippen molar-refractivity contribution < 1.29 is 34.7 Å². The number of rotatable bonds is 16. The maximum atomic E-state index is 12.5. The van der Waals surface area contributed by atoms with E-state index in [4.69, 9.17) is 26.2 Å². The summed E-state index contributed by atoms with van der Waals surface area (Å²) in [6.07, 6.45) is 3.00. The van der Waals surface area contributed by atoms with Gasteiger partial charge < -0.3 is 34.8 Å². The summed E-state index contributed by atoms with van der Waals surface area (Å²) in [5, 5.41) is 38.8. The minimum absolute atomic E-state index is 0.292. The van der Waals surface area contributed by atoms with Crippen LogP contribution in [0, 0.1) is 0 Å². The van der Waals surface area contributed by atoms with Crippen LogP contribution in [0.4, 0.5) is 0 Å². The number of aliphatic hydroxyl groups is 4. The topological polar surface area (TPSA) is 133 Å². The molecule has 0 saturated heterocycles. The summed E-state index contributed by atoms with van der Waals surface area (Å²) < 4.78 is 12.8. The molecule has 44 heavy (non-hydrogen) atoms. The zero-order chi connectivity index (χ0) is 31.3. The van der Waals surface area contributed by atoms with Crippen LogP contribution in [0.3, 0.4) is 0 Å². The molecule has 2 aromatic carbocycles. The van der Waals surface area contributed by atoms with Gasteiger partial charge in [-0.25, -0.2) is 0 Å². The van der Waals surface area contributed by atoms with Gasteiger partial charge in [0.2, 0.25) is 5.91 Å². The molecule has 0 aliphatic heterocycles. The first-order valence-electron chi connectivity index (χ1n) is 14.9. The van der Waals surface area contributed by atoms with Gasteiger partial charge in [-0.3, -0.25) is 9.78 Å². The fraction of sp³-hybridized carbons (Fsp3) is 0.455. The number of para-hydroxylation sites is 1. The van der Waals surface area contributed by atoms with E-state index in [1.165, 1.54) is 4.90 Å². The zero-order valence-corrected chi connectivity index (χ0v) is 26.2. The molecule has 0 spiro atoms. The first kappa shape index (κ1) is 32.7. The van der Waals surface area contributed by atoms with Gasteiger partial charge in [0.1, 0.15) is 18.0 Å². The summed E-state index contributed by atoms with van der Waals surface area (Å²) in [6, 6.07) is 15.9. The Morgan fingerprint density at radius 3 is 2.61 bits per heavy atom. The van der Waals surface area contributed by atoms with E-state index in [2.05, 4.69) is 11.1 Å². The van der Waals surface area contributed by atoms with Crippen LogP contribution in [0.15, 0.2) is 65.8 Å². The molecule has 5 rings (SSSR count). The van der Waals surface area contributed by atoms with Crippen LogP contribution in [0.1, 0.15) is 43.2 Å². The van der Waals surface area contributed by atoms with Gasteiger partial charge in [-0.2, -0.15) is 0 Å². The molecule has 1 heterocycles. The Balaban J connectivity index is 1.19. The van der Waals surface area contributed by atoms with Gasteiger partial charge in [0.15, 0.2) is 0 Å². The van der Waals surface area contributed by atoms with E-state index >= 15 is 0 Å². The second-order valence-corrected chi connectivity index (χ2v) is 13.0. The van der Waals surface area contributed by atoms with Crippen molar-refractivity contribution in [3.05, 3.63) is 77.1 Å². The van der Waals surface area contributed by atoms with Gasteiger partial charge in [-0.1, -0.05) is 29.8 Å². The molecule has 2 aliphatic carbocycles. The molecule has 236 valence electrons. The summed E-state index contributed by atoms with van der Waals surface area (Å²) in [7, 11) is 1.61. The Hall–Kier alpha value is -2.70. The number of benzene rings is 2. The predicted octanol–water partition coefficient (Wildman–Crippen LogP) is 4.16. The monoisotopic (exact) mass is 642 g/mol. The summed E-state index contributed by atoms with van der Waals surface area (Å²) in [4.78, 5) is 19.3. The number of nitrogens with zero attached hydrogens (tertiary/aromatic N) is 2. The molecule has 2 saturated carbocycles.